The van der Waals surface area contributed by atoms with Crippen molar-refractivity contribution in [2.75, 3.05) is 19.0 Å². The van der Waals surface area contributed by atoms with E-state index in [9.17, 15) is 24.1 Å². The molecule has 37 heavy (non-hydrogen) atoms. The van der Waals surface area contributed by atoms with Crippen molar-refractivity contribution in [1.29, 1.82) is 0 Å². The molecule has 9 nitrogen and oxygen atoms in total. The van der Waals surface area contributed by atoms with Gasteiger partial charge in [0.25, 0.3) is 5.69 Å². The lowest BCUT2D eigenvalue weighted by molar-refractivity contribution is -0.384. The number of non-ortho nitro benzene ring substituents is 1. The molecular formula is C26H27FN4O5S. The summed E-state index contributed by atoms with van der Waals surface area (Å²) in [5.74, 6) is -0.880. The summed E-state index contributed by atoms with van der Waals surface area (Å²) in [4.78, 5) is 42.8. The monoisotopic (exact) mass is 526 g/mol. The summed E-state index contributed by atoms with van der Waals surface area (Å²) in [6.45, 7) is 0.450. The van der Waals surface area contributed by atoms with Crippen LogP contribution in [0.15, 0.2) is 59.1 Å². The maximum absolute atomic E-state index is 13.4. The molecule has 11 heteroatoms. The number of aliphatic imine (C=N–C) groups is 1. The van der Waals surface area contributed by atoms with E-state index in [1.807, 2.05) is 0 Å². The molecule has 4 rings (SSSR count). The standard InChI is InChI=1S/C26H27FN4O5S/c1-36-22-15-20(31(34)35)11-12-21(22)29-24(32)16-23-25(33)30(14-13-17-5-3-2-4-6-17)26(37-23)28-19-9-7-18(27)8-10-19/h5,7-12,15,23H,2-4,6,13-14,16H2,1H3,(H,29,32)/t23-/m1/s1. The Hall–Kier alpha value is -3.73. The number of hydrogen-bond acceptors (Lipinski definition) is 7. The topological polar surface area (TPSA) is 114 Å². The average molecular weight is 527 g/mol. The highest BCUT2D eigenvalue weighted by molar-refractivity contribution is 8.15. The Morgan fingerprint density at radius 1 is 1.27 bits per heavy atom. The number of carbonyl (C=O) groups excluding carboxylic acids is 2. The highest BCUT2D eigenvalue weighted by atomic mass is 32.2. The number of nitro groups is 1. The second kappa shape index (κ2) is 12.0. The van der Waals surface area contributed by atoms with E-state index < -0.39 is 16.1 Å². The molecule has 2 aromatic rings. The number of ether oxygens (including phenoxy) is 1. The number of thioether (sulfide) groups is 1. The molecule has 0 radical (unpaired) electrons. The summed E-state index contributed by atoms with van der Waals surface area (Å²) < 4.78 is 18.5. The summed E-state index contributed by atoms with van der Waals surface area (Å²) in [5, 5.41) is 13.5. The fourth-order valence-electron chi connectivity index (χ4n) is 4.21. The van der Waals surface area contributed by atoms with E-state index in [4.69, 9.17) is 4.74 Å². The zero-order valence-electron chi connectivity index (χ0n) is 20.3. The fourth-order valence-corrected chi connectivity index (χ4v) is 5.39. The molecule has 2 aromatic carbocycles. The van der Waals surface area contributed by atoms with Crippen LogP contribution in [0.2, 0.25) is 0 Å². The van der Waals surface area contributed by atoms with E-state index in [2.05, 4.69) is 16.4 Å². The third-order valence-electron chi connectivity index (χ3n) is 6.15. The molecule has 2 amide bonds. The van der Waals surface area contributed by atoms with Crippen LogP contribution in [0.25, 0.3) is 0 Å². The first-order chi connectivity index (χ1) is 17.8. The average Bonchev–Trinajstić information content (AvgIpc) is 3.18. The zero-order valence-corrected chi connectivity index (χ0v) is 21.1. The third-order valence-corrected chi connectivity index (χ3v) is 7.33. The van der Waals surface area contributed by atoms with Crippen LogP contribution in [-0.4, -0.2) is 45.7 Å². The molecule has 1 fully saturated rings. The molecule has 0 unspecified atom stereocenters. The number of carbonyl (C=O) groups is 2. The number of allylic oxidation sites excluding steroid dienone is 1. The van der Waals surface area contributed by atoms with E-state index in [1.165, 1.54) is 73.3 Å². The van der Waals surface area contributed by atoms with Crippen LogP contribution < -0.4 is 10.1 Å². The number of amides is 2. The summed E-state index contributed by atoms with van der Waals surface area (Å²) in [6.07, 6.45) is 7.22. The molecule has 1 heterocycles. The molecule has 1 atom stereocenters. The van der Waals surface area contributed by atoms with Gasteiger partial charge in [-0.05, 0) is 62.4 Å². The minimum atomic E-state index is -0.691. The van der Waals surface area contributed by atoms with Gasteiger partial charge in [0.15, 0.2) is 5.17 Å². The van der Waals surface area contributed by atoms with Crippen molar-refractivity contribution >= 4 is 45.8 Å². The molecule has 1 N–H and O–H groups in total. The minimum absolute atomic E-state index is 0.120. The molecule has 194 valence electrons. The van der Waals surface area contributed by atoms with Crippen LogP contribution in [0, 0.1) is 15.9 Å². The van der Waals surface area contributed by atoms with Gasteiger partial charge in [-0.2, -0.15) is 0 Å². The number of halogens is 1. The lowest BCUT2D eigenvalue weighted by Crippen LogP contribution is -2.34. The summed E-state index contributed by atoms with van der Waals surface area (Å²) >= 11 is 1.20. The highest BCUT2D eigenvalue weighted by Gasteiger charge is 2.39. The van der Waals surface area contributed by atoms with E-state index in [1.54, 1.807) is 4.90 Å². The number of benzene rings is 2. The van der Waals surface area contributed by atoms with Crippen LogP contribution >= 0.6 is 11.8 Å². The predicted molar refractivity (Wildman–Crippen MR) is 141 cm³/mol. The zero-order chi connectivity index (χ0) is 26.4. The van der Waals surface area contributed by atoms with Crippen LogP contribution in [0.1, 0.15) is 38.5 Å². The first-order valence-electron chi connectivity index (χ1n) is 12.0. The largest absolute Gasteiger partial charge is 0.494 e. The molecule has 1 aliphatic heterocycles. The van der Waals surface area contributed by atoms with Crippen LogP contribution in [-0.2, 0) is 9.59 Å². The van der Waals surface area contributed by atoms with Crippen molar-refractivity contribution < 1.29 is 23.6 Å². The molecule has 1 aliphatic carbocycles. The van der Waals surface area contributed by atoms with E-state index in [0.29, 0.717) is 17.4 Å². The number of anilines is 1. The van der Waals surface area contributed by atoms with Gasteiger partial charge in [0.05, 0.1) is 29.5 Å². The van der Waals surface area contributed by atoms with Crippen LogP contribution in [0.4, 0.5) is 21.5 Å². The molecule has 2 aliphatic rings. The minimum Gasteiger partial charge on any atom is -0.494 e. The summed E-state index contributed by atoms with van der Waals surface area (Å²) in [6, 6.07) is 9.57. The Balaban J connectivity index is 1.49. The summed E-state index contributed by atoms with van der Waals surface area (Å²) in [7, 11) is 1.35. The quantitative estimate of drug-likeness (QED) is 0.259. The Morgan fingerprint density at radius 3 is 2.73 bits per heavy atom. The van der Waals surface area contributed by atoms with Crippen LogP contribution in [0.3, 0.4) is 0 Å². The number of hydrogen-bond donors (Lipinski definition) is 1. The lowest BCUT2D eigenvalue weighted by Gasteiger charge is -2.19. The van der Waals surface area contributed by atoms with Crippen molar-refractivity contribution in [3.8, 4) is 5.75 Å². The molecule has 0 aromatic heterocycles. The van der Waals surface area contributed by atoms with Crippen molar-refractivity contribution in [1.82, 2.24) is 4.90 Å². The maximum Gasteiger partial charge on any atom is 0.273 e. The number of nitro benzene ring substituents is 1. The predicted octanol–water partition coefficient (Wildman–Crippen LogP) is 5.59. The van der Waals surface area contributed by atoms with E-state index >= 15 is 0 Å². The van der Waals surface area contributed by atoms with Gasteiger partial charge in [-0.1, -0.05) is 23.4 Å². The van der Waals surface area contributed by atoms with Gasteiger partial charge < -0.3 is 10.1 Å². The van der Waals surface area contributed by atoms with Gasteiger partial charge in [0.1, 0.15) is 16.8 Å². The van der Waals surface area contributed by atoms with E-state index in [-0.39, 0.29) is 35.3 Å². The number of methoxy groups -OCH3 is 1. The Labute approximate surface area is 217 Å². The molecular weight excluding hydrogens is 499 g/mol. The number of rotatable bonds is 9. The maximum atomic E-state index is 13.4. The van der Waals surface area contributed by atoms with Gasteiger partial charge in [0, 0.05) is 19.0 Å². The van der Waals surface area contributed by atoms with Crippen molar-refractivity contribution in [2.24, 2.45) is 4.99 Å². The number of nitrogens with one attached hydrogen (secondary N) is 1. The summed E-state index contributed by atoms with van der Waals surface area (Å²) in [5.41, 5.74) is 1.94. The molecule has 0 saturated carbocycles. The lowest BCUT2D eigenvalue weighted by atomic mass is 9.97. The SMILES string of the molecule is COc1cc([N+](=O)[O-])ccc1NC(=O)C[C@H]1SC(=Nc2ccc(F)cc2)N(CCC2=CCCCC2)C1=O. The van der Waals surface area contributed by atoms with Gasteiger partial charge >= 0.3 is 0 Å². The second-order valence-corrected chi connectivity index (χ2v) is 9.89. The Bertz CT molecular complexity index is 1250. The van der Waals surface area contributed by atoms with Crippen molar-refractivity contribution in [3.63, 3.8) is 0 Å². The Morgan fingerprint density at radius 2 is 2.05 bits per heavy atom. The van der Waals surface area contributed by atoms with Gasteiger partial charge in [-0.3, -0.25) is 24.6 Å². The van der Waals surface area contributed by atoms with Gasteiger partial charge in [-0.25, -0.2) is 9.38 Å². The fraction of sp³-hybridized carbons (Fsp3) is 0.346. The number of nitrogens with zero attached hydrogens (tertiary/aromatic N) is 3. The normalized spacial score (nSPS) is 18.6. The van der Waals surface area contributed by atoms with Gasteiger partial charge in [0.2, 0.25) is 11.8 Å². The van der Waals surface area contributed by atoms with E-state index in [0.717, 1.165) is 25.7 Å². The van der Waals surface area contributed by atoms with Crippen molar-refractivity contribution in [3.05, 3.63) is 70.0 Å². The van der Waals surface area contributed by atoms with Crippen LogP contribution in [0.5, 0.6) is 5.75 Å². The second-order valence-electron chi connectivity index (χ2n) is 8.72. The highest BCUT2D eigenvalue weighted by Crippen LogP contribution is 2.34. The smallest absolute Gasteiger partial charge is 0.273 e. The first-order valence-corrected chi connectivity index (χ1v) is 12.8. The Kier molecular flexibility index (Phi) is 8.54. The third kappa shape index (κ3) is 6.73. The molecule has 1 saturated heterocycles. The number of amidine groups is 1. The first kappa shape index (κ1) is 26.3. The molecule has 0 spiro atoms. The van der Waals surface area contributed by atoms with Gasteiger partial charge in [-0.15, -0.1) is 0 Å². The van der Waals surface area contributed by atoms with Crippen molar-refractivity contribution in [2.45, 2.75) is 43.8 Å². The molecule has 0 bridgehead atoms.